The maximum absolute atomic E-state index is 12.5. The van der Waals surface area contributed by atoms with Crippen LogP contribution in [0, 0.1) is 13.8 Å². The van der Waals surface area contributed by atoms with E-state index in [1.54, 1.807) is 0 Å². The molecule has 3 aromatic rings. The molecule has 6 heteroatoms. The monoisotopic (exact) mass is 462 g/mol. The number of aliphatic hydroxyl groups is 1. The Kier molecular flexibility index (Phi) is 7.97. The second-order valence-electron chi connectivity index (χ2n) is 9.58. The van der Waals surface area contributed by atoms with Gasteiger partial charge in [0.05, 0.1) is 12.5 Å². The van der Waals surface area contributed by atoms with E-state index >= 15 is 0 Å². The molecular formula is C28H34N2O4. The van der Waals surface area contributed by atoms with Gasteiger partial charge >= 0.3 is 0 Å². The topological polar surface area (TPSA) is 102 Å². The van der Waals surface area contributed by atoms with Gasteiger partial charge in [0.15, 0.2) is 0 Å². The van der Waals surface area contributed by atoms with Crippen LogP contribution in [0.1, 0.15) is 47.8 Å². The van der Waals surface area contributed by atoms with Crippen molar-refractivity contribution in [1.29, 1.82) is 0 Å². The first-order valence-electron chi connectivity index (χ1n) is 11.4. The number of hydrogen-bond donors (Lipinski definition) is 5. The molecule has 3 rings (SSSR count). The van der Waals surface area contributed by atoms with Crippen molar-refractivity contribution in [3.63, 3.8) is 0 Å². The van der Waals surface area contributed by atoms with E-state index in [2.05, 4.69) is 10.6 Å². The molecule has 0 aliphatic heterocycles. The summed E-state index contributed by atoms with van der Waals surface area (Å²) in [7, 11) is 0. The molecule has 0 saturated carbocycles. The second-order valence-corrected chi connectivity index (χ2v) is 9.58. The molecule has 0 aliphatic carbocycles. The van der Waals surface area contributed by atoms with Crippen LogP contribution in [0.5, 0.6) is 11.5 Å². The maximum atomic E-state index is 12.5. The Morgan fingerprint density at radius 2 is 1.59 bits per heavy atom. The van der Waals surface area contributed by atoms with E-state index in [0.717, 1.165) is 22.4 Å². The molecule has 1 atom stereocenters. The summed E-state index contributed by atoms with van der Waals surface area (Å²) in [6, 6.07) is 17.9. The summed E-state index contributed by atoms with van der Waals surface area (Å²) in [6.45, 7) is 8.41. The van der Waals surface area contributed by atoms with Crippen LogP contribution in [0.3, 0.4) is 0 Å². The largest absolute Gasteiger partial charge is 0.508 e. The first kappa shape index (κ1) is 25.3. The van der Waals surface area contributed by atoms with Crippen molar-refractivity contribution in [2.75, 3.05) is 11.9 Å². The number of carbonyl (C=O) groups is 1. The number of amides is 1. The van der Waals surface area contributed by atoms with Gasteiger partial charge in [-0.2, -0.15) is 0 Å². The number of aryl methyl sites for hydroxylation is 2. The fourth-order valence-electron chi connectivity index (χ4n) is 3.93. The fourth-order valence-corrected chi connectivity index (χ4v) is 3.93. The van der Waals surface area contributed by atoms with Crippen LogP contribution in [-0.2, 0) is 17.6 Å². The van der Waals surface area contributed by atoms with E-state index < -0.39 is 6.10 Å². The minimum Gasteiger partial charge on any atom is -0.508 e. The zero-order valence-electron chi connectivity index (χ0n) is 20.2. The van der Waals surface area contributed by atoms with E-state index in [1.807, 2.05) is 70.2 Å². The normalized spacial score (nSPS) is 12.4. The SMILES string of the molecule is Cc1ccc(NC(=O)Cc2cccc(CC(C)(C)NC[C@H](O)c3cc(O)cc(O)c3)c2)cc1C. The Labute approximate surface area is 201 Å². The van der Waals surface area contributed by atoms with Crippen LogP contribution in [0.25, 0.3) is 0 Å². The number of phenols is 2. The molecule has 180 valence electrons. The number of carbonyl (C=O) groups excluding carboxylic acids is 1. The zero-order valence-corrected chi connectivity index (χ0v) is 20.2. The molecular weight excluding hydrogens is 428 g/mol. The molecule has 3 aromatic carbocycles. The maximum Gasteiger partial charge on any atom is 0.228 e. The summed E-state index contributed by atoms with van der Waals surface area (Å²) < 4.78 is 0. The summed E-state index contributed by atoms with van der Waals surface area (Å²) in [5.74, 6) is -0.242. The molecule has 0 bridgehead atoms. The van der Waals surface area contributed by atoms with Gasteiger partial charge in [0.2, 0.25) is 5.91 Å². The van der Waals surface area contributed by atoms with Gasteiger partial charge < -0.3 is 26.0 Å². The fraction of sp³-hybridized carbons (Fsp3) is 0.321. The van der Waals surface area contributed by atoms with Gasteiger partial charge in [-0.25, -0.2) is 0 Å². The van der Waals surface area contributed by atoms with Crippen LogP contribution in [0.2, 0.25) is 0 Å². The van der Waals surface area contributed by atoms with E-state index in [1.165, 1.54) is 23.8 Å². The van der Waals surface area contributed by atoms with Gasteiger partial charge in [0, 0.05) is 23.8 Å². The summed E-state index contributed by atoms with van der Waals surface area (Å²) in [4.78, 5) is 12.5. The second kappa shape index (κ2) is 10.7. The molecule has 0 heterocycles. The Morgan fingerprint density at radius 1 is 0.912 bits per heavy atom. The molecule has 5 N–H and O–H groups in total. The summed E-state index contributed by atoms with van der Waals surface area (Å²) in [5, 5.41) is 36.1. The summed E-state index contributed by atoms with van der Waals surface area (Å²) >= 11 is 0. The Morgan fingerprint density at radius 3 is 2.26 bits per heavy atom. The van der Waals surface area contributed by atoms with E-state index in [9.17, 15) is 20.1 Å². The number of nitrogens with one attached hydrogen (secondary N) is 2. The predicted molar refractivity (Wildman–Crippen MR) is 135 cm³/mol. The lowest BCUT2D eigenvalue weighted by molar-refractivity contribution is -0.115. The van der Waals surface area contributed by atoms with E-state index in [-0.39, 0.29) is 35.9 Å². The third-order valence-corrected chi connectivity index (χ3v) is 5.88. The Hall–Kier alpha value is -3.35. The molecule has 0 aromatic heterocycles. The summed E-state index contributed by atoms with van der Waals surface area (Å²) in [6.07, 6.45) is 0.101. The van der Waals surface area contributed by atoms with Gasteiger partial charge in [0.25, 0.3) is 0 Å². The first-order valence-corrected chi connectivity index (χ1v) is 11.4. The predicted octanol–water partition coefficient (Wildman–Crippen LogP) is 4.54. The highest BCUT2D eigenvalue weighted by Crippen LogP contribution is 2.25. The third kappa shape index (κ3) is 7.33. The summed E-state index contributed by atoms with van der Waals surface area (Å²) in [5.41, 5.74) is 5.25. The number of phenolic OH excluding ortho intramolecular Hbond substituents is 2. The van der Waals surface area contributed by atoms with Crippen LogP contribution in [-0.4, -0.2) is 33.3 Å². The van der Waals surface area contributed by atoms with Gasteiger partial charge in [-0.3, -0.25) is 4.79 Å². The van der Waals surface area contributed by atoms with Crippen molar-refractivity contribution < 1.29 is 20.1 Å². The minimum absolute atomic E-state index is 0.0599. The molecule has 0 aliphatic rings. The lowest BCUT2D eigenvalue weighted by Gasteiger charge is -2.28. The Bertz CT molecular complexity index is 1140. The van der Waals surface area contributed by atoms with Crippen molar-refractivity contribution in [2.45, 2.75) is 52.2 Å². The quantitative estimate of drug-likeness (QED) is 0.321. The van der Waals surface area contributed by atoms with Crippen molar-refractivity contribution in [2.24, 2.45) is 0 Å². The number of β-amino-alcohol motifs (C(OH)–C–C–N with tert-alkyl or cyclic N) is 1. The number of rotatable bonds is 9. The van der Waals surface area contributed by atoms with Crippen molar-refractivity contribution in [3.05, 3.63) is 88.5 Å². The van der Waals surface area contributed by atoms with Gasteiger partial charge in [-0.1, -0.05) is 30.3 Å². The third-order valence-electron chi connectivity index (χ3n) is 5.88. The molecule has 0 spiro atoms. The number of benzene rings is 3. The standard InChI is InChI=1S/C28H34N2O4/c1-18-8-9-23(10-19(18)2)30-27(34)12-20-6-5-7-21(11-20)16-28(3,4)29-17-26(33)22-13-24(31)15-25(32)14-22/h5-11,13-15,26,29,31-33H,12,16-17H2,1-4H3,(H,30,34)/t26-/m0/s1. The average molecular weight is 463 g/mol. The molecule has 0 saturated heterocycles. The van der Waals surface area contributed by atoms with Crippen molar-refractivity contribution >= 4 is 11.6 Å². The van der Waals surface area contributed by atoms with Crippen LogP contribution in [0.4, 0.5) is 5.69 Å². The Balaban J connectivity index is 1.57. The van der Waals surface area contributed by atoms with Crippen molar-refractivity contribution in [1.82, 2.24) is 5.32 Å². The average Bonchev–Trinajstić information content (AvgIpc) is 2.74. The van der Waals surface area contributed by atoms with Gasteiger partial charge in [-0.05, 0) is 86.2 Å². The molecule has 34 heavy (non-hydrogen) atoms. The molecule has 0 unspecified atom stereocenters. The molecule has 0 radical (unpaired) electrons. The van der Waals surface area contributed by atoms with E-state index in [0.29, 0.717) is 12.0 Å². The molecule has 6 nitrogen and oxygen atoms in total. The first-order chi connectivity index (χ1) is 16.0. The van der Waals surface area contributed by atoms with Crippen LogP contribution in [0.15, 0.2) is 60.7 Å². The lowest BCUT2D eigenvalue weighted by Crippen LogP contribution is -2.43. The van der Waals surface area contributed by atoms with Crippen LogP contribution < -0.4 is 10.6 Å². The number of aliphatic hydroxyl groups excluding tert-OH is 1. The number of aromatic hydroxyl groups is 2. The number of anilines is 1. The highest BCUT2D eigenvalue weighted by Gasteiger charge is 2.20. The van der Waals surface area contributed by atoms with E-state index in [4.69, 9.17) is 0 Å². The smallest absolute Gasteiger partial charge is 0.228 e. The minimum atomic E-state index is -0.877. The van der Waals surface area contributed by atoms with Crippen molar-refractivity contribution in [3.8, 4) is 11.5 Å². The van der Waals surface area contributed by atoms with Crippen LogP contribution >= 0.6 is 0 Å². The zero-order chi connectivity index (χ0) is 24.9. The molecule has 0 fully saturated rings. The van der Waals surface area contributed by atoms with Gasteiger partial charge in [-0.15, -0.1) is 0 Å². The van der Waals surface area contributed by atoms with Gasteiger partial charge in [0.1, 0.15) is 11.5 Å². The number of hydrogen-bond acceptors (Lipinski definition) is 5. The highest BCUT2D eigenvalue weighted by atomic mass is 16.3. The lowest BCUT2D eigenvalue weighted by atomic mass is 9.93. The highest BCUT2D eigenvalue weighted by molar-refractivity contribution is 5.92. The molecule has 1 amide bonds.